The van der Waals surface area contributed by atoms with Crippen molar-refractivity contribution in [3.63, 3.8) is 0 Å². The standard InChI is InChI=1S/C7H12N2O4/c1-5(10)8-2-7(12)9-3-6(11)4-13-9/h6,11H,2-4H2,1H3,(H,8,10)/t6-/m0/s1. The molecule has 0 bridgehead atoms. The molecule has 13 heavy (non-hydrogen) atoms. The van der Waals surface area contributed by atoms with E-state index in [0.29, 0.717) is 0 Å². The molecule has 6 nitrogen and oxygen atoms in total. The average molecular weight is 188 g/mol. The van der Waals surface area contributed by atoms with Crippen LogP contribution >= 0.6 is 0 Å². The van der Waals surface area contributed by atoms with E-state index in [1.165, 1.54) is 6.92 Å². The molecule has 1 aliphatic rings. The lowest BCUT2D eigenvalue weighted by molar-refractivity contribution is -0.168. The molecule has 0 unspecified atom stereocenters. The molecule has 6 heteroatoms. The number of rotatable bonds is 2. The minimum Gasteiger partial charge on any atom is -0.389 e. The summed E-state index contributed by atoms with van der Waals surface area (Å²) >= 11 is 0. The second kappa shape index (κ2) is 4.20. The van der Waals surface area contributed by atoms with Gasteiger partial charge >= 0.3 is 0 Å². The fraction of sp³-hybridized carbons (Fsp3) is 0.714. The van der Waals surface area contributed by atoms with Gasteiger partial charge in [-0.05, 0) is 0 Å². The number of hydroxylamine groups is 2. The van der Waals surface area contributed by atoms with Gasteiger partial charge in [-0.3, -0.25) is 14.4 Å². The van der Waals surface area contributed by atoms with Gasteiger partial charge in [-0.15, -0.1) is 0 Å². The molecule has 1 rings (SSSR count). The quantitative estimate of drug-likeness (QED) is 0.539. The van der Waals surface area contributed by atoms with Crippen molar-refractivity contribution >= 4 is 11.8 Å². The molecule has 0 radical (unpaired) electrons. The summed E-state index contributed by atoms with van der Waals surface area (Å²) in [4.78, 5) is 26.5. The Morgan fingerprint density at radius 2 is 2.38 bits per heavy atom. The predicted molar refractivity (Wildman–Crippen MR) is 42.4 cm³/mol. The zero-order chi connectivity index (χ0) is 9.84. The number of nitrogens with zero attached hydrogens (tertiary/aromatic N) is 1. The van der Waals surface area contributed by atoms with Gasteiger partial charge in [0.15, 0.2) is 0 Å². The number of β-amino-alcohol motifs (C(OH)–C–C–N with tert-alkyl or cyclic N) is 1. The molecule has 0 saturated carbocycles. The van der Waals surface area contributed by atoms with Crippen LogP contribution in [0.1, 0.15) is 6.92 Å². The normalized spacial score (nSPS) is 21.7. The van der Waals surface area contributed by atoms with Gasteiger partial charge in [-0.2, -0.15) is 0 Å². The van der Waals surface area contributed by atoms with Crippen molar-refractivity contribution in [1.82, 2.24) is 10.4 Å². The summed E-state index contributed by atoms with van der Waals surface area (Å²) in [6.45, 7) is 1.53. The van der Waals surface area contributed by atoms with Crippen LogP contribution in [0.25, 0.3) is 0 Å². The van der Waals surface area contributed by atoms with E-state index in [9.17, 15) is 9.59 Å². The zero-order valence-corrected chi connectivity index (χ0v) is 7.32. The lowest BCUT2D eigenvalue weighted by Gasteiger charge is -2.13. The highest BCUT2D eigenvalue weighted by Gasteiger charge is 2.25. The Bertz CT molecular complexity index is 219. The Balaban J connectivity index is 2.27. The Labute approximate surface area is 75.4 Å². The van der Waals surface area contributed by atoms with Gasteiger partial charge in [0.05, 0.1) is 19.2 Å². The summed E-state index contributed by atoms with van der Waals surface area (Å²) in [5.41, 5.74) is 0. The third kappa shape index (κ3) is 3.00. The highest BCUT2D eigenvalue weighted by molar-refractivity contribution is 5.83. The number of aliphatic hydroxyl groups excluding tert-OH is 1. The number of hydrogen-bond donors (Lipinski definition) is 2. The number of nitrogens with one attached hydrogen (secondary N) is 1. The fourth-order valence-corrected chi connectivity index (χ4v) is 0.935. The molecular weight excluding hydrogens is 176 g/mol. The molecule has 1 atom stereocenters. The zero-order valence-electron chi connectivity index (χ0n) is 7.32. The van der Waals surface area contributed by atoms with Crippen molar-refractivity contribution in [3.8, 4) is 0 Å². The van der Waals surface area contributed by atoms with Crippen molar-refractivity contribution in [2.24, 2.45) is 0 Å². The number of hydrogen-bond acceptors (Lipinski definition) is 4. The largest absolute Gasteiger partial charge is 0.389 e. The molecular formula is C7H12N2O4. The molecule has 1 heterocycles. The first kappa shape index (κ1) is 9.94. The second-order valence-electron chi connectivity index (χ2n) is 2.81. The van der Waals surface area contributed by atoms with Crippen LogP contribution in [0.2, 0.25) is 0 Å². The van der Waals surface area contributed by atoms with Crippen LogP contribution in [0.4, 0.5) is 0 Å². The monoisotopic (exact) mass is 188 g/mol. The van der Waals surface area contributed by atoms with Crippen LogP contribution in [0.15, 0.2) is 0 Å². The maximum absolute atomic E-state index is 11.2. The summed E-state index contributed by atoms with van der Waals surface area (Å²) in [5.74, 6) is -0.625. The molecule has 0 aliphatic carbocycles. The van der Waals surface area contributed by atoms with Gasteiger partial charge in [0.1, 0.15) is 6.61 Å². The maximum Gasteiger partial charge on any atom is 0.265 e. The van der Waals surface area contributed by atoms with E-state index in [1.807, 2.05) is 0 Å². The number of aliphatic hydroxyl groups is 1. The van der Waals surface area contributed by atoms with Crippen molar-refractivity contribution in [2.45, 2.75) is 13.0 Å². The summed E-state index contributed by atoms with van der Waals surface area (Å²) in [6, 6.07) is 0. The third-order valence-corrected chi connectivity index (χ3v) is 1.57. The Morgan fingerprint density at radius 1 is 1.69 bits per heavy atom. The molecule has 2 amide bonds. The van der Waals surface area contributed by atoms with E-state index >= 15 is 0 Å². The molecule has 1 fully saturated rings. The first-order valence-electron chi connectivity index (χ1n) is 3.95. The van der Waals surface area contributed by atoms with Gasteiger partial charge in [-0.25, -0.2) is 5.06 Å². The molecule has 1 aliphatic heterocycles. The van der Waals surface area contributed by atoms with E-state index < -0.39 is 6.10 Å². The highest BCUT2D eigenvalue weighted by atomic mass is 16.7. The smallest absolute Gasteiger partial charge is 0.265 e. The van der Waals surface area contributed by atoms with Crippen LogP contribution in [0.3, 0.4) is 0 Å². The SMILES string of the molecule is CC(=O)NCC(=O)N1C[C@H](O)CO1. The number of carbonyl (C=O) groups is 2. The summed E-state index contributed by atoms with van der Waals surface area (Å²) < 4.78 is 0. The summed E-state index contributed by atoms with van der Waals surface area (Å²) in [5, 5.41) is 12.4. The first-order valence-corrected chi connectivity index (χ1v) is 3.95. The molecule has 74 valence electrons. The van der Waals surface area contributed by atoms with Crippen LogP contribution in [0.5, 0.6) is 0 Å². The lowest BCUT2D eigenvalue weighted by Crippen LogP contribution is -2.38. The number of carbonyl (C=O) groups excluding carboxylic acids is 2. The summed E-state index contributed by atoms with van der Waals surface area (Å²) in [7, 11) is 0. The van der Waals surface area contributed by atoms with Crippen molar-refractivity contribution < 1.29 is 19.5 Å². The third-order valence-electron chi connectivity index (χ3n) is 1.57. The maximum atomic E-state index is 11.2. The van der Waals surface area contributed by atoms with Crippen molar-refractivity contribution in [1.29, 1.82) is 0 Å². The van der Waals surface area contributed by atoms with Gasteiger partial charge in [0, 0.05) is 6.92 Å². The Kier molecular flexibility index (Phi) is 3.21. The van der Waals surface area contributed by atoms with Crippen LogP contribution in [-0.2, 0) is 14.4 Å². The molecule has 0 aromatic carbocycles. The Hall–Kier alpha value is -1.14. The van der Waals surface area contributed by atoms with E-state index in [-0.39, 0.29) is 31.5 Å². The molecule has 0 spiro atoms. The fourth-order valence-electron chi connectivity index (χ4n) is 0.935. The average Bonchev–Trinajstić information content (AvgIpc) is 2.47. The second-order valence-corrected chi connectivity index (χ2v) is 2.81. The number of amides is 2. The Morgan fingerprint density at radius 3 is 2.85 bits per heavy atom. The van der Waals surface area contributed by atoms with Crippen LogP contribution < -0.4 is 5.32 Å². The van der Waals surface area contributed by atoms with Gasteiger partial charge in [0.25, 0.3) is 5.91 Å². The van der Waals surface area contributed by atoms with E-state index in [0.717, 1.165) is 5.06 Å². The molecule has 1 saturated heterocycles. The topological polar surface area (TPSA) is 78.9 Å². The predicted octanol–water partition coefficient (Wildman–Crippen LogP) is -1.74. The summed E-state index contributed by atoms with van der Waals surface area (Å²) in [6.07, 6.45) is -0.624. The highest BCUT2D eigenvalue weighted by Crippen LogP contribution is 2.04. The van der Waals surface area contributed by atoms with Crippen molar-refractivity contribution in [2.75, 3.05) is 19.7 Å². The first-order chi connectivity index (χ1) is 6.09. The van der Waals surface area contributed by atoms with E-state index in [2.05, 4.69) is 5.32 Å². The van der Waals surface area contributed by atoms with Crippen molar-refractivity contribution in [3.05, 3.63) is 0 Å². The lowest BCUT2D eigenvalue weighted by atomic mass is 10.4. The van der Waals surface area contributed by atoms with Gasteiger partial charge in [0.2, 0.25) is 5.91 Å². The molecule has 0 aromatic heterocycles. The molecule has 0 aromatic rings. The van der Waals surface area contributed by atoms with E-state index in [4.69, 9.17) is 9.94 Å². The van der Waals surface area contributed by atoms with Crippen LogP contribution in [0, 0.1) is 0 Å². The van der Waals surface area contributed by atoms with Gasteiger partial charge in [-0.1, -0.05) is 0 Å². The van der Waals surface area contributed by atoms with Crippen LogP contribution in [-0.4, -0.2) is 47.8 Å². The van der Waals surface area contributed by atoms with E-state index in [1.54, 1.807) is 0 Å². The molecule has 2 N–H and O–H groups in total. The van der Waals surface area contributed by atoms with Gasteiger partial charge < -0.3 is 10.4 Å². The minimum atomic E-state index is -0.624. The minimum absolute atomic E-state index is 0.0952.